The molecule has 2 aliphatic heterocycles. The number of hydrogen-bond donors (Lipinski definition) is 0. The van der Waals surface area contributed by atoms with E-state index >= 15 is 0 Å². The van der Waals surface area contributed by atoms with Crippen LogP contribution < -0.4 is 0 Å². The third-order valence-corrected chi connectivity index (χ3v) is 7.27. The van der Waals surface area contributed by atoms with Crippen LogP contribution in [0.1, 0.15) is 25.3 Å². The van der Waals surface area contributed by atoms with Gasteiger partial charge in [-0.1, -0.05) is 30.3 Å². The number of nitrogens with zero attached hydrogens (tertiary/aromatic N) is 3. The second-order valence-corrected chi connectivity index (χ2v) is 9.44. The van der Waals surface area contributed by atoms with Gasteiger partial charge in [-0.05, 0) is 25.3 Å². The molecule has 0 aromatic heterocycles. The summed E-state index contributed by atoms with van der Waals surface area (Å²) in [7, 11) is -3.21. The van der Waals surface area contributed by atoms with Gasteiger partial charge in [0.2, 0.25) is 15.9 Å². The Labute approximate surface area is 156 Å². The molecule has 0 spiro atoms. The van der Waals surface area contributed by atoms with Crippen LogP contribution in [-0.2, 0) is 21.4 Å². The number of amides is 1. The van der Waals surface area contributed by atoms with Gasteiger partial charge in [0.1, 0.15) is 0 Å². The van der Waals surface area contributed by atoms with Gasteiger partial charge in [-0.25, -0.2) is 12.7 Å². The molecule has 2 saturated heterocycles. The van der Waals surface area contributed by atoms with E-state index in [1.165, 1.54) is 9.87 Å². The first-order valence-corrected chi connectivity index (χ1v) is 11.1. The fraction of sp³-hybridized carbons (Fsp3) is 0.632. The van der Waals surface area contributed by atoms with E-state index in [1.54, 1.807) is 6.92 Å². The molecule has 1 aromatic carbocycles. The summed E-state index contributed by atoms with van der Waals surface area (Å²) in [6.45, 7) is 6.64. The topological polar surface area (TPSA) is 60.9 Å². The maximum Gasteiger partial charge on any atom is 0.227 e. The second-order valence-electron chi connectivity index (χ2n) is 7.18. The molecule has 2 aliphatic rings. The summed E-state index contributed by atoms with van der Waals surface area (Å²) in [4.78, 5) is 17.2. The van der Waals surface area contributed by atoms with Crippen molar-refractivity contribution in [3.8, 4) is 0 Å². The van der Waals surface area contributed by atoms with Crippen LogP contribution in [0.2, 0.25) is 0 Å². The van der Waals surface area contributed by atoms with E-state index in [0.717, 1.165) is 45.6 Å². The Kier molecular flexibility index (Phi) is 6.32. The molecule has 6 nitrogen and oxygen atoms in total. The minimum absolute atomic E-state index is 0.103. The number of sulfonamides is 1. The average Bonchev–Trinajstić information content (AvgIpc) is 2.69. The third kappa shape index (κ3) is 4.64. The summed E-state index contributed by atoms with van der Waals surface area (Å²) in [5.41, 5.74) is 1.29. The summed E-state index contributed by atoms with van der Waals surface area (Å²) < 4.78 is 25.7. The first-order valence-electron chi connectivity index (χ1n) is 9.52. The predicted octanol–water partition coefficient (Wildman–Crippen LogP) is 1.39. The normalized spacial score (nSPS) is 23.1. The molecular weight excluding hydrogens is 350 g/mol. The highest BCUT2D eigenvalue weighted by Crippen LogP contribution is 2.22. The molecule has 1 amide bonds. The number of carbonyl (C=O) groups is 1. The molecule has 0 N–H and O–H groups in total. The minimum atomic E-state index is -3.21. The van der Waals surface area contributed by atoms with Crippen LogP contribution in [0, 0.1) is 5.92 Å². The predicted molar refractivity (Wildman–Crippen MR) is 102 cm³/mol. The Hall–Kier alpha value is -1.44. The van der Waals surface area contributed by atoms with Crippen LogP contribution in [-0.4, -0.2) is 73.5 Å². The van der Waals surface area contributed by atoms with E-state index < -0.39 is 10.0 Å². The minimum Gasteiger partial charge on any atom is -0.340 e. The van der Waals surface area contributed by atoms with Crippen molar-refractivity contribution in [3.05, 3.63) is 35.9 Å². The van der Waals surface area contributed by atoms with Gasteiger partial charge in [-0.3, -0.25) is 9.69 Å². The van der Waals surface area contributed by atoms with Gasteiger partial charge in [0.15, 0.2) is 0 Å². The number of piperidine rings is 1. The first kappa shape index (κ1) is 19.3. The van der Waals surface area contributed by atoms with Crippen molar-refractivity contribution in [1.82, 2.24) is 14.1 Å². The molecule has 2 fully saturated rings. The molecule has 3 rings (SSSR count). The molecule has 2 heterocycles. The lowest BCUT2D eigenvalue weighted by molar-refractivity contribution is -0.138. The fourth-order valence-corrected chi connectivity index (χ4v) is 4.98. The van der Waals surface area contributed by atoms with Gasteiger partial charge in [0, 0.05) is 45.8 Å². The van der Waals surface area contributed by atoms with E-state index in [9.17, 15) is 13.2 Å². The molecule has 0 aliphatic carbocycles. The maximum absolute atomic E-state index is 12.9. The van der Waals surface area contributed by atoms with E-state index in [0.29, 0.717) is 13.1 Å². The van der Waals surface area contributed by atoms with E-state index in [2.05, 4.69) is 17.0 Å². The van der Waals surface area contributed by atoms with E-state index in [4.69, 9.17) is 0 Å². The van der Waals surface area contributed by atoms with Gasteiger partial charge in [-0.2, -0.15) is 0 Å². The van der Waals surface area contributed by atoms with Crippen molar-refractivity contribution < 1.29 is 13.2 Å². The largest absolute Gasteiger partial charge is 0.340 e. The van der Waals surface area contributed by atoms with Crippen molar-refractivity contribution in [2.24, 2.45) is 5.92 Å². The Balaban J connectivity index is 1.52. The van der Waals surface area contributed by atoms with Crippen molar-refractivity contribution >= 4 is 15.9 Å². The Morgan fingerprint density at radius 2 is 1.77 bits per heavy atom. The molecule has 7 heteroatoms. The van der Waals surface area contributed by atoms with Crippen molar-refractivity contribution in [2.75, 3.05) is 45.0 Å². The Morgan fingerprint density at radius 1 is 1.08 bits per heavy atom. The Bertz CT molecular complexity index is 700. The van der Waals surface area contributed by atoms with Crippen LogP contribution >= 0.6 is 0 Å². The highest BCUT2D eigenvalue weighted by atomic mass is 32.2. The molecule has 144 valence electrons. The van der Waals surface area contributed by atoms with Crippen LogP contribution in [0.4, 0.5) is 0 Å². The second kappa shape index (κ2) is 8.50. The molecule has 26 heavy (non-hydrogen) atoms. The smallest absolute Gasteiger partial charge is 0.227 e. The zero-order chi connectivity index (χ0) is 18.6. The summed E-state index contributed by atoms with van der Waals surface area (Å²) in [5, 5.41) is 0. The molecule has 0 bridgehead atoms. The van der Waals surface area contributed by atoms with Crippen LogP contribution in [0.3, 0.4) is 0 Å². The number of piperazine rings is 1. The highest BCUT2D eigenvalue weighted by molar-refractivity contribution is 7.89. The van der Waals surface area contributed by atoms with E-state index in [1.807, 2.05) is 23.1 Å². The highest BCUT2D eigenvalue weighted by Gasteiger charge is 2.34. The van der Waals surface area contributed by atoms with Crippen molar-refractivity contribution in [3.63, 3.8) is 0 Å². The van der Waals surface area contributed by atoms with Gasteiger partial charge >= 0.3 is 0 Å². The molecular formula is C19H29N3O3S. The molecule has 1 atom stereocenters. The summed E-state index contributed by atoms with van der Waals surface area (Å²) in [5.74, 6) is 0.0395. The lowest BCUT2D eigenvalue weighted by atomic mass is 9.97. The SMILES string of the molecule is CCS(=O)(=O)N1CCC[C@H](C(=O)N2CCN(Cc3ccccc3)CC2)C1. The zero-order valence-corrected chi connectivity index (χ0v) is 16.3. The summed E-state index contributed by atoms with van der Waals surface area (Å²) >= 11 is 0. The fourth-order valence-electron chi connectivity index (χ4n) is 3.81. The summed E-state index contributed by atoms with van der Waals surface area (Å²) in [6, 6.07) is 10.4. The average molecular weight is 380 g/mol. The molecule has 1 aromatic rings. The molecule has 0 saturated carbocycles. The molecule has 0 radical (unpaired) electrons. The van der Waals surface area contributed by atoms with E-state index in [-0.39, 0.29) is 17.6 Å². The van der Waals surface area contributed by atoms with Gasteiger partial charge in [0.05, 0.1) is 11.7 Å². The van der Waals surface area contributed by atoms with Crippen LogP contribution in [0.25, 0.3) is 0 Å². The molecule has 0 unspecified atom stereocenters. The zero-order valence-electron chi connectivity index (χ0n) is 15.5. The number of hydrogen-bond acceptors (Lipinski definition) is 4. The maximum atomic E-state index is 12.9. The van der Waals surface area contributed by atoms with Gasteiger partial charge in [-0.15, -0.1) is 0 Å². The standard InChI is InChI=1S/C19H29N3O3S/c1-2-26(24,25)22-10-6-9-18(16-22)19(23)21-13-11-20(12-14-21)15-17-7-4-3-5-8-17/h3-5,7-8,18H,2,6,9-16H2,1H3/t18-/m0/s1. The van der Waals surface area contributed by atoms with Crippen LogP contribution in [0.15, 0.2) is 30.3 Å². The van der Waals surface area contributed by atoms with Crippen molar-refractivity contribution in [2.45, 2.75) is 26.3 Å². The number of carbonyl (C=O) groups excluding carboxylic acids is 1. The Morgan fingerprint density at radius 3 is 2.42 bits per heavy atom. The lowest BCUT2D eigenvalue weighted by Crippen LogP contribution is -2.52. The van der Waals surface area contributed by atoms with Crippen molar-refractivity contribution in [1.29, 1.82) is 0 Å². The third-order valence-electron chi connectivity index (χ3n) is 5.42. The van der Waals surface area contributed by atoms with Crippen LogP contribution in [0.5, 0.6) is 0 Å². The lowest BCUT2D eigenvalue weighted by Gasteiger charge is -2.38. The monoisotopic (exact) mass is 379 g/mol. The van der Waals surface area contributed by atoms with Gasteiger partial charge in [0.25, 0.3) is 0 Å². The number of rotatable bonds is 5. The number of benzene rings is 1. The first-order chi connectivity index (χ1) is 12.5. The summed E-state index contributed by atoms with van der Waals surface area (Å²) in [6.07, 6.45) is 1.56. The van der Waals surface area contributed by atoms with Gasteiger partial charge < -0.3 is 4.90 Å². The quantitative estimate of drug-likeness (QED) is 0.776.